The molecule has 1 rings (SSSR count). The Bertz CT molecular complexity index is 361. The van der Waals surface area contributed by atoms with Crippen LogP contribution >= 0.6 is 0 Å². The van der Waals surface area contributed by atoms with E-state index < -0.39 is 11.9 Å². The number of benzene rings is 1. The second-order valence-corrected chi connectivity index (χ2v) is 2.77. The molecule has 0 saturated heterocycles. The second kappa shape index (κ2) is 4.85. The van der Waals surface area contributed by atoms with Gasteiger partial charge in [0, 0.05) is 5.69 Å². The molecule has 6 nitrogen and oxygen atoms in total. The zero-order chi connectivity index (χ0) is 11.3. The summed E-state index contributed by atoms with van der Waals surface area (Å²) in [6.45, 7) is -0.271. The molecule has 0 fully saturated rings. The molecule has 0 unspecified atom stereocenters. The van der Waals surface area contributed by atoms with Gasteiger partial charge in [-0.15, -0.1) is 0 Å². The van der Waals surface area contributed by atoms with Crippen LogP contribution in [0.25, 0.3) is 0 Å². The van der Waals surface area contributed by atoms with Crippen molar-refractivity contribution in [2.45, 2.75) is 0 Å². The quantitative estimate of drug-likeness (QED) is 0.601. The van der Waals surface area contributed by atoms with E-state index >= 15 is 0 Å². The molecule has 1 aromatic carbocycles. The monoisotopic (exact) mass is 209 g/mol. The second-order valence-electron chi connectivity index (χ2n) is 2.77. The van der Waals surface area contributed by atoms with E-state index in [2.05, 4.69) is 0 Å². The number of nitrogens with two attached hydrogens (primary N) is 2. The molecular formula is C9H11N3O3. The number of anilines is 1. The summed E-state index contributed by atoms with van der Waals surface area (Å²) in [6, 6.07) is 5.61. The van der Waals surface area contributed by atoms with Gasteiger partial charge in [-0.05, 0) is 24.3 Å². The van der Waals surface area contributed by atoms with Gasteiger partial charge in [-0.2, -0.15) is 0 Å². The van der Waals surface area contributed by atoms with Crippen molar-refractivity contribution in [1.29, 1.82) is 0 Å². The molecule has 5 N–H and O–H groups in total. The number of rotatable bonds is 3. The van der Waals surface area contributed by atoms with Crippen LogP contribution < -0.4 is 21.5 Å². The number of primary amides is 1. The molecule has 80 valence electrons. The standard InChI is InChI=1S/C9H11N3O3/c10-6-1-3-7(4-2-6)15-5-8(13)12-9(11)14/h1-4H,5,10H2,(H3,11,12,13,14). The Kier molecular flexibility index (Phi) is 3.50. The summed E-state index contributed by atoms with van der Waals surface area (Å²) in [5.74, 6) is -0.108. The van der Waals surface area contributed by atoms with Gasteiger partial charge in [0.05, 0.1) is 0 Å². The fourth-order valence-corrected chi connectivity index (χ4v) is 0.886. The molecule has 6 heteroatoms. The number of carbonyl (C=O) groups excluding carboxylic acids is 2. The molecule has 15 heavy (non-hydrogen) atoms. The van der Waals surface area contributed by atoms with Crippen molar-refractivity contribution in [1.82, 2.24) is 5.32 Å². The minimum absolute atomic E-state index is 0.271. The van der Waals surface area contributed by atoms with E-state index in [0.717, 1.165) is 0 Å². The first-order chi connectivity index (χ1) is 7.08. The van der Waals surface area contributed by atoms with Crippen LogP contribution in [0.3, 0.4) is 0 Å². The number of carbonyl (C=O) groups is 2. The smallest absolute Gasteiger partial charge is 0.318 e. The molecule has 0 radical (unpaired) electrons. The van der Waals surface area contributed by atoms with E-state index in [4.69, 9.17) is 16.2 Å². The van der Waals surface area contributed by atoms with Crippen LogP contribution in [0.1, 0.15) is 0 Å². The van der Waals surface area contributed by atoms with E-state index in [1.165, 1.54) is 0 Å². The summed E-state index contributed by atoms with van der Waals surface area (Å²) in [6.07, 6.45) is 0. The van der Waals surface area contributed by atoms with Crippen molar-refractivity contribution >= 4 is 17.6 Å². The first-order valence-electron chi connectivity index (χ1n) is 4.15. The lowest BCUT2D eigenvalue weighted by Crippen LogP contribution is -2.38. The summed E-state index contributed by atoms with van der Waals surface area (Å²) in [4.78, 5) is 21.2. The van der Waals surface area contributed by atoms with E-state index in [9.17, 15) is 9.59 Å². The average Bonchev–Trinajstić information content (AvgIpc) is 2.16. The lowest BCUT2D eigenvalue weighted by molar-refractivity contribution is -0.121. The maximum atomic E-state index is 10.9. The summed E-state index contributed by atoms with van der Waals surface area (Å²) in [7, 11) is 0. The molecule has 0 aliphatic heterocycles. The molecule has 0 saturated carbocycles. The van der Waals surface area contributed by atoms with Crippen molar-refractivity contribution in [2.75, 3.05) is 12.3 Å². The largest absolute Gasteiger partial charge is 0.484 e. The number of imide groups is 1. The number of urea groups is 1. The predicted octanol–water partition coefficient (Wildman–Crippen LogP) is -0.158. The maximum Gasteiger partial charge on any atom is 0.318 e. The average molecular weight is 209 g/mol. The maximum absolute atomic E-state index is 10.9. The highest BCUT2D eigenvalue weighted by molar-refractivity contribution is 5.94. The Balaban J connectivity index is 2.40. The lowest BCUT2D eigenvalue weighted by Gasteiger charge is -2.05. The fourth-order valence-electron chi connectivity index (χ4n) is 0.886. The highest BCUT2D eigenvalue weighted by Gasteiger charge is 2.04. The summed E-state index contributed by atoms with van der Waals surface area (Å²) >= 11 is 0. The van der Waals surface area contributed by atoms with Crippen molar-refractivity contribution in [3.8, 4) is 5.75 Å². The summed E-state index contributed by atoms with van der Waals surface area (Å²) < 4.78 is 5.05. The molecule has 0 aromatic heterocycles. The first kappa shape index (κ1) is 10.8. The van der Waals surface area contributed by atoms with E-state index in [1.54, 1.807) is 24.3 Å². The Morgan fingerprint density at radius 1 is 1.27 bits per heavy atom. The van der Waals surface area contributed by atoms with Crippen molar-refractivity contribution < 1.29 is 14.3 Å². The Morgan fingerprint density at radius 2 is 1.87 bits per heavy atom. The molecular weight excluding hydrogens is 198 g/mol. The molecule has 0 bridgehead atoms. The van der Waals surface area contributed by atoms with Crippen molar-refractivity contribution in [3.63, 3.8) is 0 Å². The van der Waals surface area contributed by atoms with Crippen LogP contribution in [0.15, 0.2) is 24.3 Å². The Hall–Kier alpha value is -2.24. The normalized spacial score (nSPS) is 9.33. The van der Waals surface area contributed by atoms with Crippen LogP contribution in [0, 0.1) is 0 Å². The van der Waals surface area contributed by atoms with Gasteiger partial charge in [0.25, 0.3) is 5.91 Å². The molecule has 0 heterocycles. The molecule has 0 atom stereocenters. The third-order valence-corrected chi connectivity index (χ3v) is 1.51. The number of amides is 3. The van der Waals surface area contributed by atoms with Gasteiger partial charge in [0.2, 0.25) is 0 Å². The molecule has 0 spiro atoms. The number of hydrogen-bond donors (Lipinski definition) is 3. The van der Waals surface area contributed by atoms with Crippen LogP contribution in [-0.4, -0.2) is 18.5 Å². The summed E-state index contributed by atoms with van der Waals surface area (Å²) in [5.41, 5.74) is 10.8. The molecule has 0 aliphatic rings. The van der Waals surface area contributed by atoms with Gasteiger partial charge in [-0.3, -0.25) is 10.1 Å². The number of ether oxygens (including phenoxy) is 1. The predicted molar refractivity (Wildman–Crippen MR) is 54.1 cm³/mol. The van der Waals surface area contributed by atoms with Gasteiger partial charge >= 0.3 is 6.03 Å². The Labute approximate surface area is 86.2 Å². The molecule has 3 amide bonds. The zero-order valence-electron chi connectivity index (χ0n) is 7.90. The number of hydrogen-bond acceptors (Lipinski definition) is 4. The highest BCUT2D eigenvalue weighted by Crippen LogP contribution is 2.12. The topological polar surface area (TPSA) is 107 Å². The van der Waals surface area contributed by atoms with Gasteiger partial charge in [0.15, 0.2) is 6.61 Å². The van der Waals surface area contributed by atoms with Gasteiger partial charge < -0.3 is 16.2 Å². The van der Waals surface area contributed by atoms with Crippen LogP contribution in [0.4, 0.5) is 10.5 Å². The van der Waals surface area contributed by atoms with Gasteiger partial charge in [-0.1, -0.05) is 0 Å². The third-order valence-electron chi connectivity index (χ3n) is 1.51. The van der Waals surface area contributed by atoms with Crippen LogP contribution in [0.5, 0.6) is 5.75 Å². The molecule has 1 aromatic rings. The van der Waals surface area contributed by atoms with Crippen LogP contribution in [-0.2, 0) is 4.79 Å². The van der Waals surface area contributed by atoms with Crippen molar-refractivity contribution in [3.05, 3.63) is 24.3 Å². The third kappa shape index (κ3) is 3.99. The Morgan fingerprint density at radius 3 is 2.40 bits per heavy atom. The van der Waals surface area contributed by atoms with Crippen molar-refractivity contribution in [2.24, 2.45) is 5.73 Å². The zero-order valence-corrected chi connectivity index (χ0v) is 7.90. The fraction of sp³-hybridized carbons (Fsp3) is 0.111. The number of nitrogens with one attached hydrogen (secondary N) is 1. The van der Waals surface area contributed by atoms with Gasteiger partial charge in [-0.25, -0.2) is 4.79 Å². The van der Waals surface area contributed by atoms with Crippen LogP contribution in [0.2, 0.25) is 0 Å². The highest BCUT2D eigenvalue weighted by atomic mass is 16.5. The minimum Gasteiger partial charge on any atom is -0.484 e. The van der Waals surface area contributed by atoms with E-state index in [-0.39, 0.29) is 6.61 Å². The first-order valence-corrected chi connectivity index (χ1v) is 4.15. The lowest BCUT2D eigenvalue weighted by atomic mass is 10.3. The SMILES string of the molecule is NC(=O)NC(=O)COc1ccc(N)cc1. The number of nitrogen functional groups attached to an aromatic ring is 1. The van der Waals surface area contributed by atoms with Gasteiger partial charge in [0.1, 0.15) is 5.75 Å². The van der Waals surface area contributed by atoms with E-state index in [1.807, 2.05) is 5.32 Å². The molecule has 0 aliphatic carbocycles. The van der Waals surface area contributed by atoms with E-state index in [0.29, 0.717) is 11.4 Å². The minimum atomic E-state index is -0.902. The summed E-state index contributed by atoms with van der Waals surface area (Å²) in [5, 5.41) is 1.87.